The largest absolute Gasteiger partial charge is 0.337 e. The van der Waals surface area contributed by atoms with Crippen LogP contribution in [0.1, 0.15) is 61.2 Å². The van der Waals surface area contributed by atoms with E-state index in [0.29, 0.717) is 11.7 Å². The molecule has 6 heteroatoms. The van der Waals surface area contributed by atoms with Crippen molar-refractivity contribution in [2.24, 2.45) is 0 Å². The average Bonchev–Trinajstić information content (AvgIpc) is 3.31. The van der Waals surface area contributed by atoms with Crippen LogP contribution in [0.4, 0.5) is 0 Å². The topological polar surface area (TPSA) is 59.2 Å². The lowest BCUT2D eigenvalue weighted by Crippen LogP contribution is -2.44. The van der Waals surface area contributed by atoms with E-state index in [-0.39, 0.29) is 17.4 Å². The van der Waals surface area contributed by atoms with Gasteiger partial charge in [-0.25, -0.2) is 0 Å². The first-order valence-corrected chi connectivity index (χ1v) is 9.24. The summed E-state index contributed by atoms with van der Waals surface area (Å²) in [6, 6.07) is 4.12. The normalized spacial score (nSPS) is 23.5. The van der Waals surface area contributed by atoms with Crippen LogP contribution in [-0.4, -0.2) is 27.5 Å². The second-order valence-corrected chi connectivity index (χ2v) is 7.55. The van der Waals surface area contributed by atoms with Crippen LogP contribution >= 0.6 is 11.3 Å². The highest BCUT2D eigenvalue weighted by molar-refractivity contribution is 7.10. The minimum absolute atomic E-state index is 0.0545. The zero-order valence-corrected chi connectivity index (χ0v) is 14.1. The number of carbonyl (C=O) groups is 1. The second-order valence-electron chi connectivity index (χ2n) is 6.60. The molecule has 0 radical (unpaired) electrons. The van der Waals surface area contributed by atoms with Gasteiger partial charge in [0.1, 0.15) is 6.04 Å². The third-order valence-electron chi connectivity index (χ3n) is 5.20. The maximum Gasteiger partial charge on any atom is 0.249 e. The summed E-state index contributed by atoms with van der Waals surface area (Å²) in [6.45, 7) is 2.61. The summed E-state index contributed by atoms with van der Waals surface area (Å²) in [5.74, 6) is 1.48. The molecule has 1 saturated heterocycles. The molecule has 0 bridgehead atoms. The van der Waals surface area contributed by atoms with Gasteiger partial charge in [-0.1, -0.05) is 24.1 Å². The van der Waals surface area contributed by atoms with E-state index in [1.165, 1.54) is 4.88 Å². The molecule has 23 heavy (non-hydrogen) atoms. The summed E-state index contributed by atoms with van der Waals surface area (Å²) in [4.78, 5) is 21.1. The fourth-order valence-corrected chi connectivity index (χ4v) is 5.06. The van der Waals surface area contributed by atoms with Gasteiger partial charge in [0.25, 0.3) is 0 Å². The highest BCUT2D eigenvalue weighted by Crippen LogP contribution is 2.46. The number of hydrogen-bond acceptors (Lipinski definition) is 5. The van der Waals surface area contributed by atoms with Gasteiger partial charge in [-0.15, -0.1) is 11.3 Å². The van der Waals surface area contributed by atoms with Crippen molar-refractivity contribution < 1.29 is 9.32 Å². The number of likely N-dealkylation sites (tertiary alicyclic amines) is 1. The lowest BCUT2D eigenvalue weighted by molar-refractivity contribution is -0.138. The lowest BCUT2D eigenvalue weighted by atomic mass is 9.82. The summed E-state index contributed by atoms with van der Waals surface area (Å²) in [6.07, 6.45) is 6.08. The number of rotatable bonds is 3. The fraction of sp³-hybridized carbons (Fsp3) is 0.588. The van der Waals surface area contributed by atoms with Gasteiger partial charge in [0.05, 0.1) is 5.41 Å². The molecule has 122 valence electrons. The Morgan fingerprint density at radius 3 is 2.87 bits per heavy atom. The Hall–Kier alpha value is -1.69. The maximum atomic E-state index is 13.5. The van der Waals surface area contributed by atoms with Crippen molar-refractivity contribution in [3.05, 3.63) is 34.1 Å². The number of aryl methyl sites for hydroxylation is 1. The van der Waals surface area contributed by atoms with Crippen LogP contribution < -0.4 is 0 Å². The van der Waals surface area contributed by atoms with Crippen LogP contribution in [0.25, 0.3) is 0 Å². The Morgan fingerprint density at radius 1 is 1.39 bits per heavy atom. The van der Waals surface area contributed by atoms with Crippen molar-refractivity contribution in [1.82, 2.24) is 15.0 Å². The molecule has 0 N–H and O–H groups in total. The molecule has 0 aromatic carbocycles. The third kappa shape index (κ3) is 2.40. The number of carbonyl (C=O) groups excluding carboxylic acids is 1. The second kappa shape index (κ2) is 5.74. The Bertz CT molecular complexity index is 689. The van der Waals surface area contributed by atoms with Crippen molar-refractivity contribution in [1.29, 1.82) is 0 Å². The molecular formula is C17H21N3O2S. The molecular weight excluding hydrogens is 310 g/mol. The molecule has 2 aliphatic rings. The molecule has 1 aliphatic carbocycles. The highest BCUT2D eigenvalue weighted by atomic mass is 32.1. The van der Waals surface area contributed by atoms with Crippen molar-refractivity contribution in [2.75, 3.05) is 6.54 Å². The Balaban J connectivity index is 1.66. The van der Waals surface area contributed by atoms with Crippen LogP contribution in [0.5, 0.6) is 0 Å². The molecule has 2 fully saturated rings. The van der Waals surface area contributed by atoms with Gasteiger partial charge in [0.15, 0.2) is 5.82 Å². The lowest BCUT2D eigenvalue weighted by Gasteiger charge is -2.33. The van der Waals surface area contributed by atoms with Gasteiger partial charge in [-0.3, -0.25) is 4.79 Å². The summed E-state index contributed by atoms with van der Waals surface area (Å²) in [5, 5.41) is 5.97. The minimum atomic E-state index is -0.328. The van der Waals surface area contributed by atoms with E-state index in [1.54, 1.807) is 11.3 Å². The SMILES string of the molecule is Cc1noc([C@H]2CCCN2C(=O)C2(c3cccs3)CCCC2)n1. The number of amides is 1. The highest BCUT2D eigenvalue weighted by Gasteiger charge is 2.48. The van der Waals surface area contributed by atoms with Crippen LogP contribution in [-0.2, 0) is 10.2 Å². The van der Waals surface area contributed by atoms with Gasteiger partial charge in [0.2, 0.25) is 11.8 Å². The molecule has 1 saturated carbocycles. The van der Waals surface area contributed by atoms with E-state index < -0.39 is 0 Å². The molecule has 2 aromatic heterocycles. The molecule has 5 nitrogen and oxygen atoms in total. The monoisotopic (exact) mass is 331 g/mol. The first-order chi connectivity index (χ1) is 11.2. The smallest absolute Gasteiger partial charge is 0.249 e. The molecule has 1 atom stereocenters. The molecule has 1 aliphatic heterocycles. The zero-order valence-electron chi connectivity index (χ0n) is 13.3. The average molecular weight is 331 g/mol. The molecule has 2 aromatic rings. The summed E-state index contributed by atoms with van der Waals surface area (Å²) >= 11 is 1.71. The van der Waals surface area contributed by atoms with E-state index in [2.05, 4.69) is 27.7 Å². The van der Waals surface area contributed by atoms with Crippen LogP contribution in [0.15, 0.2) is 22.0 Å². The molecule has 3 heterocycles. The fourth-order valence-electron chi connectivity index (χ4n) is 4.08. The summed E-state index contributed by atoms with van der Waals surface area (Å²) in [7, 11) is 0. The Kier molecular flexibility index (Phi) is 3.71. The minimum Gasteiger partial charge on any atom is -0.337 e. The van der Waals surface area contributed by atoms with Crippen LogP contribution in [0.3, 0.4) is 0 Å². The predicted molar refractivity (Wildman–Crippen MR) is 87.2 cm³/mol. The third-order valence-corrected chi connectivity index (χ3v) is 6.28. The quantitative estimate of drug-likeness (QED) is 0.862. The standard InChI is InChI=1S/C17H21N3O2S/c1-12-18-15(22-19-12)13-6-4-10-20(13)16(21)17(8-2-3-9-17)14-7-5-11-23-14/h5,7,11,13H,2-4,6,8-10H2,1H3/t13-/m1/s1. The molecule has 4 rings (SSSR count). The Morgan fingerprint density at radius 2 is 2.22 bits per heavy atom. The van der Waals surface area contributed by atoms with Crippen LogP contribution in [0, 0.1) is 6.92 Å². The number of nitrogens with zero attached hydrogens (tertiary/aromatic N) is 3. The van der Waals surface area contributed by atoms with Crippen molar-refractivity contribution in [3.63, 3.8) is 0 Å². The van der Waals surface area contributed by atoms with Crippen molar-refractivity contribution >= 4 is 17.2 Å². The van der Waals surface area contributed by atoms with E-state index in [0.717, 1.165) is 45.1 Å². The summed E-state index contributed by atoms with van der Waals surface area (Å²) < 4.78 is 5.36. The van der Waals surface area contributed by atoms with E-state index in [1.807, 2.05) is 11.8 Å². The number of aromatic nitrogens is 2. The van der Waals surface area contributed by atoms with Gasteiger partial charge >= 0.3 is 0 Å². The van der Waals surface area contributed by atoms with Gasteiger partial charge < -0.3 is 9.42 Å². The molecule has 0 spiro atoms. The first-order valence-electron chi connectivity index (χ1n) is 8.36. The van der Waals surface area contributed by atoms with Gasteiger partial charge in [-0.2, -0.15) is 4.98 Å². The van der Waals surface area contributed by atoms with Crippen LogP contribution in [0.2, 0.25) is 0 Å². The van der Waals surface area contributed by atoms with Crippen molar-refractivity contribution in [2.45, 2.75) is 56.9 Å². The maximum absolute atomic E-state index is 13.5. The van der Waals surface area contributed by atoms with Gasteiger partial charge in [0, 0.05) is 11.4 Å². The predicted octanol–water partition coefficient (Wildman–Crippen LogP) is 3.62. The van der Waals surface area contributed by atoms with E-state index >= 15 is 0 Å². The zero-order chi connectivity index (χ0) is 15.9. The number of hydrogen-bond donors (Lipinski definition) is 0. The summed E-state index contributed by atoms with van der Waals surface area (Å²) in [5.41, 5.74) is -0.328. The number of thiophene rings is 1. The first kappa shape index (κ1) is 14.9. The molecule has 1 amide bonds. The van der Waals surface area contributed by atoms with Crippen molar-refractivity contribution in [3.8, 4) is 0 Å². The Labute approximate surface area is 139 Å². The van der Waals surface area contributed by atoms with Gasteiger partial charge in [-0.05, 0) is 44.1 Å². The molecule has 0 unspecified atom stereocenters. The van der Waals surface area contributed by atoms with E-state index in [9.17, 15) is 4.79 Å². The van der Waals surface area contributed by atoms with E-state index in [4.69, 9.17) is 4.52 Å².